The van der Waals surface area contributed by atoms with Gasteiger partial charge in [-0.15, -0.1) is 0 Å². The summed E-state index contributed by atoms with van der Waals surface area (Å²) < 4.78 is 23.9. The van der Waals surface area contributed by atoms with Gasteiger partial charge in [-0.05, 0) is 50.5 Å². The molecule has 17 heavy (non-hydrogen) atoms. The SMILES string of the molecule is CC(=O)CCCS(=O)(=O)c1ccc(C)c(C)c1. The van der Waals surface area contributed by atoms with Crippen LogP contribution in [0, 0.1) is 13.8 Å². The van der Waals surface area contributed by atoms with E-state index in [1.54, 1.807) is 12.1 Å². The number of carbonyl (C=O) groups excluding carboxylic acids is 1. The van der Waals surface area contributed by atoms with Gasteiger partial charge in [0.2, 0.25) is 0 Å². The average Bonchev–Trinajstić information content (AvgIpc) is 2.21. The van der Waals surface area contributed by atoms with E-state index in [2.05, 4.69) is 0 Å². The topological polar surface area (TPSA) is 51.2 Å². The number of ketones is 1. The normalized spacial score (nSPS) is 11.5. The molecule has 0 radical (unpaired) electrons. The van der Waals surface area contributed by atoms with Gasteiger partial charge in [-0.25, -0.2) is 8.42 Å². The first-order valence-electron chi connectivity index (χ1n) is 5.62. The number of hydrogen-bond acceptors (Lipinski definition) is 3. The van der Waals surface area contributed by atoms with Crippen molar-refractivity contribution in [3.05, 3.63) is 29.3 Å². The Morgan fingerprint density at radius 3 is 2.35 bits per heavy atom. The minimum atomic E-state index is -3.25. The first-order chi connectivity index (χ1) is 7.83. The zero-order chi connectivity index (χ0) is 13.1. The quantitative estimate of drug-likeness (QED) is 0.811. The Balaban J connectivity index is 2.82. The summed E-state index contributed by atoms with van der Waals surface area (Å²) in [4.78, 5) is 11.1. The van der Waals surface area contributed by atoms with Crippen LogP contribution < -0.4 is 0 Å². The maximum Gasteiger partial charge on any atom is 0.178 e. The minimum absolute atomic E-state index is 0.0280. The highest BCUT2D eigenvalue weighted by molar-refractivity contribution is 7.91. The van der Waals surface area contributed by atoms with Crippen molar-refractivity contribution in [2.45, 2.75) is 38.5 Å². The molecule has 0 saturated carbocycles. The molecule has 4 heteroatoms. The zero-order valence-electron chi connectivity index (χ0n) is 10.5. The Bertz CT molecular complexity index is 515. The third-order valence-electron chi connectivity index (χ3n) is 2.78. The lowest BCUT2D eigenvalue weighted by Crippen LogP contribution is -2.08. The molecular weight excluding hydrogens is 236 g/mol. The van der Waals surface area contributed by atoms with Crippen molar-refractivity contribution in [2.75, 3.05) is 5.75 Å². The fourth-order valence-electron chi connectivity index (χ4n) is 1.54. The number of Topliss-reactive ketones (excluding diaryl/α,β-unsaturated/α-hetero) is 1. The molecule has 0 aliphatic rings. The molecule has 1 aromatic rings. The van der Waals surface area contributed by atoms with Crippen LogP contribution in [0.5, 0.6) is 0 Å². The lowest BCUT2D eigenvalue weighted by atomic mass is 10.1. The smallest absolute Gasteiger partial charge is 0.178 e. The van der Waals surface area contributed by atoms with Gasteiger partial charge < -0.3 is 4.79 Å². The van der Waals surface area contributed by atoms with Crippen molar-refractivity contribution in [3.63, 3.8) is 0 Å². The second-order valence-electron chi connectivity index (χ2n) is 4.37. The fourth-order valence-corrected chi connectivity index (χ4v) is 2.93. The molecule has 1 aromatic carbocycles. The van der Waals surface area contributed by atoms with Crippen LogP contribution in [0.2, 0.25) is 0 Å². The van der Waals surface area contributed by atoms with Crippen molar-refractivity contribution < 1.29 is 13.2 Å². The molecular formula is C13H18O3S. The molecule has 0 spiro atoms. The Morgan fingerprint density at radius 1 is 1.18 bits per heavy atom. The van der Waals surface area contributed by atoms with Crippen LogP contribution in [0.25, 0.3) is 0 Å². The monoisotopic (exact) mass is 254 g/mol. The van der Waals surface area contributed by atoms with E-state index in [-0.39, 0.29) is 11.5 Å². The molecule has 0 aliphatic heterocycles. The molecule has 0 unspecified atom stereocenters. The van der Waals surface area contributed by atoms with Gasteiger partial charge in [0.1, 0.15) is 5.78 Å². The van der Waals surface area contributed by atoms with Crippen molar-refractivity contribution in [2.24, 2.45) is 0 Å². The highest BCUT2D eigenvalue weighted by Gasteiger charge is 2.14. The summed E-state index contributed by atoms with van der Waals surface area (Å²) in [6, 6.07) is 5.14. The molecule has 0 aliphatic carbocycles. The Morgan fingerprint density at radius 2 is 1.82 bits per heavy atom. The van der Waals surface area contributed by atoms with E-state index in [0.29, 0.717) is 17.7 Å². The minimum Gasteiger partial charge on any atom is -0.300 e. The van der Waals surface area contributed by atoms with Crippen LogP contribution >= 0.6 is 0 Å². The van der Waals surface area contributed by atoms with Gasteiger partial charge in [0.15, 0.2) is 9.84 Å². The van der Waals surface area contributed by atoms with Gasteiger partial charge in [-0.2, -0.15) is 0 Å². The molecule has 94 valence electrons. The van der Waals surface area contributed by atoms with Gasteiger partial charge in [-0.3, -0.25) is 0 Å². The summed E-state index contributed by atoms with van der Waals surface area (Å²) >= 11 is 0. The van der Waals surface area contributed by atoms with E-state index in [0.717, 1.165) is 11.1 Å². The summed E-state index contributed by atoms with van der Waals surface area (Å²) in [6.07, 6.45) is 0.717. The predicted molar refractivity (Wildman–Crippen MR) is 67.9 cm³/mol. The van der Waals surface area contributed by atoms with E-state index in [1.807, 2.05) is 19.9 Å². The van der Waals surface area contributed by atoms with Crippen LogP contribution in [-0.2, 0) is 14.6 Å². The van der Waals surface area contributed by atoms with Gasteiger partial charge in [0.25, 0.3) is 0 Å². The Kier molecular flexibility index (Phi) is 4.46. The third kappa shape index (κ3) is 3.97. The lowest BCUT2D eigenvalue weighted by molar-refractivity contribution is -0.117. The van der Waals surface area contributed by atoms with E-state index in [4.69, 9.17) is 0 Å². The van der Waals surface area contributed by atoms with E-state index in [1.165, 1.54) is 6.92 Å². The average molecular weight is 254 g/mol. The van der Waals surface area contributed by atoms with Gasteiger partial charge >= 0.3 is 0 Å². The van der Waals surface area contributed by atoms with Crippen LogP contribution in [-0.4, -0.2) is 20.0 Å². The molecule has 0 aromatic heterocycles. The highest BCUT2D eigenvalue weighted by Crippen LogP contribution is 2.17. The standard InChI is InChI=1S/C13H18O3S/c1-10-6-7-13(9-11(10)2)17(15,16)8-4-5-12(3)14/h6-7,9H,4-5,8H2,1-3H3. The number of carbonyl (C=O) groups is 1. The molecule has 0 bridgehead atoms. The predicted octanol–water partition coefficient (Wildman–Crippen LogP) is 2.45. The second-order valence-corrected chi connectivity index (χ2v) is 6.48. The molecule has 3 nitrogen and oxygen atoms in total. The van der Waals surface area contributed by atoms with E-state index < -0.39 is 9.84 Å². The van der Waals surface area contributed by atoms with Crippen molar-refractivity contribution in [1.82, 2.24) is 0 Å². The molecule has 0 atom stereocenters. The van der Waals surface area contributed by atoms with E-state index in [9.17, 15) is 13.2 Å². The van der Waals surface area contributed by atoms with E-state index >= 15 is 0 Å². The molecule has 0 N–H and O–H groups in total. The first kappa shape index (κ1) is 13.9. The maximum atomic E-state index is 12.0. The summed E-state index contributed by atoms with van der Waals surface area (Å²) in [7, 11) is -3.25. The molecule has 0 saturated heterocycles. The zero-order valence-corrected chi connectivity index (χ0v) is 11.3. The summed E-state index contributed by atoms with van der Waals surface area (Å²) in [6.45, 7) is 5.31. The van der Waals surface area contributed by atoms with Crippen molar-refractivity contribution in [3.8, 4) is 0 Å². The third-order valence-corrected chi connectivity index (χ3v) is 4.58. The van der Waals surface area contributed by atoms with Crippen LogP contribution in [0.15, 0.2) is 23.1 Å². The number of hydrogen-bond donors (Lipinski definition) is 0. The number of rotatable bonds is 5. The van der Waals surface area contributed by atoms with Crippen molar-refractivity contribution >= 4 is 15.6 Å². The Labute approximate surface area is 103 Å². The van der Waals surface area contributed by atoms with Crippen LogP contribution in [0.3, 0.4) is 0 Å². The number of benzene rings is 1. The summed E-state index contributed by atoms with van der Waals surface area (Å²) in [5, 5.41) is 0. The maximum absolute atomic E-state index is 12.0. The van der Waals surface area contributed by atoms with Gasteiger partial charge in [0, 0.05) is 6.42 Å². The van der Waals surface area contributed by atoms with Crippen LogP contribution in [0.4, 0.5) is 0 Å². The van der Waals surface area contributed by atoms with Gasteiger partial charge in [0.05, 0.1) is 10.6 Å². The molecule has 0 fully saturated rings. The number of sulfone groups is 1. The van der Waals surface area contributed by atoms with Gasteiger partial charge in [-0.1, -0.05) is 6.07 Å². The molecule has 1 rings (SSSR count). The highest BCUT2D eigenvalue weighted by atomic mass is 32.2. The second kappa shape index (κ2) is 5.45. The first-order valence-corrected chi connectivity index (χ1v) is 7.27. The number of aryl methyl sites for hydroxylation is 2. The largest absolute Gasteiger partial charge is 0.300 e. The summed E-state index contributed by atoms with van der Waals surface area (Å²) in [5.41, 5.74) is 2.05. The summed E-state index contributed by atoms with van der Waals surface area (Å²) in [5.74, 6) is 0.0648. The Hall–Kier alpha value is -1.16. The fraction of sp³-hybridized carbons (Fsp3) is 0.462. The molecule has 0 heterocycles. The van der Waals surface area contributed by atoms with Crippen molar-refractivity contribution in [1.29, 1.82) is 0 Å². The lowest BCUT2D eigenvalue weighted by Gasteiger charge is -2.06. The molecule has 0 amide bonds. The van der Waals surface area contributed by atoms with Crippen LogP contribution in [0.1, 0.15) is 30.9 Å².